The first-order valence-corrected chi connectivity index (χ1v) is 7.07. The summed E-state index contributed by atoms with van der Waals surface area (Å²) in [6.45, 7) is 1.46. The van der Waals surface area contributed by atoms with Gasteiger partial charge in [-0.1, -0.05) is 0 Å². The van der Waals surface area contributed by atoms with Crippen molar-refractivity contribution in [3.8, 4) is 0 Å². The number of nitrogens with one attached hydrogen (secondary N) is 1. The van der Waals surface area contributed by atoms with Crippen molar-refractivity contribution < 1.29 is 19.5 Å². The standard InChI is InChI=1S/C14H21NO4/c1-9(16)19-14-5-10-2-11(6-14)4-13(3-10,8-14)7-12(17)15-18/h10-11,18H,2-8H2,1H3,(H,15,17). The number of hydrogen-bond donors (Lipinski definition) is 2. The van der Waals surface area contributed by atoms with Gasteiger partial charge in [-0.15, -0.1) is 0 Å². The predicted molar refractivity (Wildman–Crippen MR) is 66.2 cm³/mol. The van der Waals surface area contributed by atoms with E-state index in [1.54, 1.807) is 5.48 Å². The molecule has 4 fully saturated rings. The Balaban J connectivity index is 1.84. The zero-order chi connectivity index (χ0) is 13.7. The van der Waals surface area contributed by atoms with Crippen LogP contribution in [0.2, 0.25) is 0 Å². The summed E-state index contributed by atoms with van der Waals surface area (Å²) in [7, 11) is 0. The van der Waals surface area contributed by atoms with E-state index in [1.165, 1.54) is 13.3 Å². The second-order valence-electron chi connectivity index (χ2n) is 6.95. The molecule has 19 heavy (non-hydrogen) atoms. The normalized spacial score (nSPS) is 43.1. The first-order chi connectivity index (χ1) is 8.94. The highest BCUT2D eigenvalue weighted by molar-refractivity contribution is 5.75. The molecule has 0 aliphatic heterocycles. The maximum absolute atomic E-state index is 11.6. The van der Waals surface area contributed by atoms with Crippen LogP contribution in [0.5, 0.6) is 0 Å². The largest absolute Gasteiger partial charge is 0.459 e. The third-order valence-corrected chi connectivity index (χ3v) is 5.15. The molecule has 1 amide bonds. The van der Waals surface area contributed by atoms with Crippen LogP contribution < -0.4 is 5.48 Å². The fraction of sp³-hybridized carbons (Fsp3) is 0.857. The topological polar surface area (TPSA) is 75.6 Å². The lowest BCUT2D eigenvalue weighted by atomic mass is 9.47. The molecule has 0 spiro atoms. The molecular weight excluding hydrogens is 246 g/mol. The van der Waals surface area contributed by atoms with Crippen LogP contribution in [0.4, 0.5) is 0 Å². The molecule has 2 atom stereocenters. The van der Waals surface area contributed by atoms with E-state index in [9.17, 15) is 9.59 Å². The molecule has 0 aromatic rings. The highest BCUT2D eigenvalue weighted by atomic mass is 16.6. The molecule has 4 rings (SSSR count). The van der Waals surface area contributed by atoms with Crippen LogP contribution in [0, 0.1) is 17.3 Å². The summed E-state index contributed by atoms with van der Waals surface area (Å²) in [5.41, 5.74) is 1.33. The van der Waals surface area contributed by atoms with Crippen molar-refractivity contribution in [1.82, 2.24) is 5.48 Å². The Bertz CT molecular complexity index is 406. The van der Waals surface area contributed by atoms with E-state index in [0.717, 1.165) is 32.1 Å². The van der Waals surface area contributed by atoms with Crippen LogP contribution >= 0.6 is 0 Å². The van der Waals surface area contributed by atoms with Crippen molar-refractivity contribution in [3.63, 3.8) is 0 Å². The van der Waals surface area contributed by atoms with Crippen molar-refractivity contribution in [2.24, 2.45) is 17.3 Å². The van der Waals surface area contributed by atoms with Gasteiger partial charge in [-0.25, -0.2) is 5.48 Å². The Morgan fingerprint density at radius 2 is 1.89 bits per heavy atom. The molecular formula is C14H21NO4. The summed E-state index contributed by atoms with van der Waals surface area (Å²) >= 11 is 0. The molecule has 5 heteroatoms. The van der Waals surface area contributed by atoms with Gasteiger partial charge in [0, 0.05) is 13.3 Å². The molecule has 2 unspecified atom stereocenters. The molecule has 0 heterocycles. The smallest absolute Gasteiger partial charge is 0.303 e. The number of rotatable bonds is 3. The van der Waals surface area contributed by atoms with Gasteiger partial charge in [0.15, 0.2) is 0 Å². The molecule has 4 aliphatic rings. The summed E-state index contributed by atoms with van der Waals surface area (Å²) in [5.74, 6) is 0.586. The van der Waals surface area contributed by atoms with Crippen molar-refractivity contribution >= 4 is 11.9 Å². The van der Waals surface area contributed by atoms with Gasteiger partial charge in [-0.3, -0.25) is 14.8 Å². The Labute approximate surface area is 112 Å². The van der Waals surface area contributed by atoms with Crippen LogP contribution in [0.25, 0.3) is 0 Å². The first-order valence-electron chi connectivity index (χ1n) is 7.07. The minimum Gasteiger partial charge on any atom is -0.459 e. The molecule has 0 aromatic heterocycles. The van der Waals surface area contributed by atoms with Crippen LogP contribution in [-0.2, 0) is 14.3 Å². The SMILES string of the molecule is CC(=O)OC12CC3CC(CC(CC(=O)NO)(C3)C1)C2. The van der Waals surface area contributed by atoms with Crippen LogP contribution in [-0.4, -0.2) is 22.7 Å². The minimum absolute atomic E-state index is 0.0770. The third kappa shape index (κ3) is 2.24. The summed E-state index contributed by atoms with van der Waals surface area (Å²) in [6.07, 6.45) is 6.28. The van der Waals surface area contributed by atoms with Gasteiger partial charge in [0.1, 0.15) is 5.60 Å². The molecule has 0 aromatic carbocycles. The molecule has 4 saturated carbocycles. The van der Waals surface area contributed by atoms with Gasteiger partial charge >= 0.3 is 5.97 Å². The van der Waals surface area contributed by atoms with E-state index in [2.05, 4.69) is 0 Å². The lowest BCUT2D eigenvalue weighted by molar-refractivity contribution is -0.201. The Morgan fingerprint density at radius 3 is 2.42 bits per heavy atom. The van der Waals surface area contributed by atoms with E-state index in [-0.39, 0.29) is 22.9 Å². The highest BCUT2D eigenvalue weighted by Crippen LogP contribution is 2.63. The number of carbonyl (C=O) groups excluding carboxylic acids is 2. The fourth-order valence-electron chi connectivity index (χ4n) is 5.38. The Morgan fingerprint density at radius 1 is 1.26 bits per heavy atom. The molecule has 0 saturated heterocycles. The average Bonchev–Trinajstić information content (AvgIpc) is 2.24. The monoisotopic (exact) mass is 267 g/mol. The van der Waals surface area contributed by atoms with Gasteiger partial charge in [0.25, 0.3) is 0 Å². The molecule has 0 radical (unpaired) electrons. The zero-order valence-electron chi connectivity index (χ0n) is 11.3. The first kappa shape index (κ1) is 12.9. The van der Waals surface area contributed by atoms with Gasteiger partial charge in [-0.05, 0) is 55.8 Å². The number of esters is 1. The molecule has 106 valence electrons. The fourth-order valence-corrected chi connectivity index (χ4v) is 5.38. The second kappa shape index (κ2) is 4.20. The maximum atomic E-state index is 11.6. The van der Waals surface area contributed by atoms with Crippen LogP contribution in [0.15, 0.2) is 0 Å². The van der Waals surface area contributed by atoms with Crippen molar-refractivity contribution in [2.45, 2.75) is 57.5 Å². The number of hydroxylamine groups is 1. The Hall–Kier alpha value is -1.10. The van der Waals surface area contributed by atoms with Gasteiger partial charge in [-0.2, -0.15) is 0 Å². The van der Waals surface area contributed by atoms with Gasteiger partial charge in [0.05, 0.1) is 0 Å². The van der Waals surface area contributed by atoms with Crippen molar-refractivity contribution in [1.29, 1.82) is 0 Å². The molecule has 2 N–H and O–H groups in total. The lowest BCUT2D eigenvalue weighted by Gasteiger charge is -2.61. The van der Waals surface area contributed by atoms with Gasteiger partial charge < -0.3 is 4.74 Å². The minimum atomic E-state index is -0.342. The predicted octanol–water partition coefficient (Wildman–Crippen LogP) is 1.78. The maximum Gasteiger partial charge on any atom is 0.303 e. The summed E-state index contributed by atoms with van der Waals surface area (Å²) in [4.78, 5) is 22.9. The average molecular weight is 267 g/mol. The van der Waals surface area contributed by atoms with Gasteiger partial charge in [0.2, 0.25) is 5.91 Å². The Kier molecular flexibility index (Phi) is 2.85. The van der Waals surface area contributed by atoms with Crippen molar-refractivity contribution in [2.75, 3.05) is 0 Å². The van der Waals surface area contributed by atoms with Crippen LogP contribution in [0.3, 0.4) is 0 Å². The summed E-state index contributed by atoms with van der Waals surface area (Å²) in [6, 6.07) is 0. The summed E-state index contributed by atoms with van der Waals surface area (Å²) < 4.78 is 5.66. The zero-order valence-corrected chi connectivity index (χ0v) is 11.3. The quantitative estimate of drug-likeness (QED) is 0.464. The highest BCUT2D eigenvalue weighted by Gasteiger charge is 2.59. The van der Waals surface area contributed by atoms with E-state index >= 15 is 0 Å². The van der Waals surface area contributed by atoms with Crippen LogP contribution in [0.1, 0.15) is 51.9 Å². The van der Waals surface area contributed by atoms with E-state index in [4.69, 9.17) is 9.94 Å². The molecule has 4 aliphatic carbocycles. The second-order valence-corrected chi connectivity index (χ2v) is 6.95. The van der Waals surface area contributed by atoms with E-state index < -0.39 is 0 Å². The number of amides is 1. The molecule has 4 bridgehead atoms. The number of ether oxygens (including phenoxy) is 1. The number of hydrogen-bond acceptors (Lipinski definition) is 4. The summed E-state index contributed by atoms with van der Waals surface area (Å²) in [5, 5.41) is 8.76. The van der Waals surface area contributed by atoms with E-state index in [1.807, 2.05) is 0 Å². The molecule has 5 nitrogen and oxygen atoms in total. The lowest BCUT2D eigenvalue weighted by Crippen LogP contribution is -2.58. The van der Waals surface area contributed by atoms with E-state index in [0.29, 0.717) is 18.3 Å². The number of carbonyl (C=O) groups is 2. The third-order valence-electron chi connectivity index (χ3n) is 5.15. The van der Waals surface area contributed by atoms with Crippen molar-refractivity contribution in [3.05, 3.63) is 0 Å².